The van der Waals surface area contributed by atoms with Gasteiger partial charge in [-0.15, -0.1) is 0 Å². The number of rotatable bonds is 3. The Hall–Kier alpha value is -0.130. The van der Waals surface area contributed by atoms with E-state index >= 15 is 0 Å². The van der Waals surface area contributed by atoms with Crippen LogP contribution >= 0.6 is 0 Å². The van der Waals surface area contributed by atoms with Crippen LogP contribution in [0, 0.1) is 5.41 Å². The normalized spacial score (nSPS) is 19.5. The number of hydrogen-bond acceptors (Lipinski definition) is 2. The van der Waals surface area contributed by atoms with Crippen molar-refractivity contribution >= 4 is 10.2 Å². The first kappa shape index (κ1) is 10.9. The van der Waals surface area contributed by atoms with E-state index in [1.54, 1.807) is 7.05 Å². The molecule has 0 aromatic heterocycles. The summed E-state index contributed by atoms with van der Waals surface area (Å²) in [4.78, 5) is 0. The summed E-state index contributed by atoms with van der Waals surface area (Å²) in [6, 6.07) is 0. The van der Waals surface area contributed by atoms with Crippen molar-refractivity contribution in [3.8, 4) is 0 Å². The molecule has 0 unspecified atom stereocenters. The zero-order valence-electron chi connectivity index (χ0n) is 8.74. The molecule has 78 valence electrons. The third-order valence-electron chi connectivity index (χ3n) is 1.82. The molecule has 0 bridgehead atoms. The average Bonchev–Trinajstić information content (AvgIpc) is 2.62. The summed E-state index contributed by atoms with van der Waals surface area (Å²) in [6.07, 6.45) is 0. The van der Waals surface area contributed by atoms with E-state index in [1.807, 2.05) is 20.8 Å². The lowest BCUT2D eigenvalue weighted by Gasteiger charge is -2.25. The molecular formula is C8H18N2O2S. The Morgan fingerprint density at radius 2 is 1.77 bits per heavy atom. The highest BCUT2D eigenvalue weighted by molar-refractivity contribution is 7.87. The van der Waals surface area contributed by atoms with Crippen LogP contribution in [0.25, 0.3) is 0 Å². The number of hydrogen-bond donors (Lipinski definition) is 0. The predicted octanol–water partition coefficient (Wildman–Crippen LogP) is 0.525. The maximum Gasteiger partial charge on any atom is 0.281 e. The van der Waals surface area contributed by atoms with Crippen molar-refractivity contribution in [3.63, 3.8) is 0 Å². The topological polar surface area (TPSA) is 40.4 Å². The second-order valence-corrected chi connectivity index (χ2v) is 6.76. The summed E-state index contributed by atoms with van der Waals surface area (Å²) in [5.74, 6) is 0. The molecule has 1 rings (SSSR count). The summed E-state index contributed by atoms with van der Waals surface area (Å²) in [7, 11) is -1.49. The lowest BCUT2D eigenvalue weighted by atomic mass is 9.97. The Morgan fingerprint density at radius 3 is 2.08 bits per heavy atom. The maximum absolute atomic E-state index is 11.6. The molecule has 0 aromatic carbocycles. The molecule has 1 saturated heterocycles. The monoisotopic (exact) mass is 206 g/mol. The van der Waals surface area contributed by atoms with Gasteiger partial charge in [0.1, 0.15) is 0 Å². The maximum atomic E-state index is 11.6. The highest BCUT2D eigenvalue weighted by Gasteiger charge is 2.36. The molecule has 0 saturated carbocycles. The molecule has 0 aliphatic carbocycles. The molecule has 1 fully saturated rings. The lowest BCUT2D eigenvalue weighted by Crippen LogP contribution is -2.37. The van der Waals surface area contributed by atoms with Gasteiger partial charge >= 0.3 is 0 Å². The van der Waals surface area contributed by atoms with Crippen LogP contribution in [-0.2, 0) is 10.2 Å². The lowest BCUT2D eigenvalue weighted by molar-refractivity contribution is 0.304. The Morgan fingerprint density at radius 1 is 1.31 bits per heavy atom. The van der Waals surface area contributed by atoms with Gasteiger partial charge in [0.05, 0.1) is 0 Å². The molecule has 0 aromatic rings. The van der Waals surface area contributed by atoms with Crippen molar-refractivity contribution in [3.05, 3.63) is 0 Å². The second-order valence-electron chi connectivity index (χ2n) is 4.72. The summed E-state index contributed by atoms with van der Waals surface area (Å²) < 4.78 is 26.1. The molecule has 0 atom stereocenters. The van der Waals surface area contributed by atoms with E-state index in [2.05, 4.69) is 0 Å². The van der Waals surface area contributed by atoms with Crippen molar-refractivity contribution in [1.82, 2.24) is 8.61 Å². The first-order valence-corrected chi connectivity index (χ1v) is 5.84. The standard InChI is InChI=1S/C8H18N2O2S/c1-8(2,3)7-9(4)13(11,12)10-5-6-10/h5-7H2,1-4H3. The fourth-order valence-corrected chi connectivity index (χ4v) is 2.71. The van der Waals surface area contributed by atoms with Crippen LogP contribution in [0.15, 0.2) is 0 Å². The fourth-order valence-electron chi connectivity index (χ4n) is 1.22. The predicted molar refractivity (Wildman–Crippen MR) is 52.6 cm³/mol. The Balaban J connectivity index is 2.62. The van der Waals surface area contributed by atoms with Gasteiger partial charge in [-0.25, -0.2) is 0 Å². The van der Waals surface area contributed by atoms with Gasteiger partial charge in [-0.05, 0) is 5.41 Å². The largest absolute Gasteiger partial charge is 0.281 e. The van der Waals surface area contributed by atoms with E-state index in [0.717, 1.165) is 0 Å². The summed E-state index contributed by atoms with van der Waals surface area (Å²) >= 11 is 0. The van der Waals surface area contributed by atoms with Crippen molar-refractivity contribution < 1.29 is 8.42 Å². The molecule has 1 aliphatic heterocycles. The second kappa shape index (κ2) is 3.22. The summed E-state index contributed by atoms with van der Waals surface area (Å²) in [5.41, 5.74) is 0.0117. The minimum atomic E-state index is -3.13. The van der Waals surface area contributed by atoms with Crippen LogP contribution in [0.5, 0.6) is 0 Å². The van der Waals surface area contributed by atoms with E-state index in [1.165, 1.54) is 8.61 Å². The van der Waals surface area contributed by atoms with Gasteiger partial charge in [0.2, 0.25) is 0 Å². The smallest absolute Gasteiger partial charge is 0.195 e. The van der Waals surface area contributed by atoms with Gasteiger partial charge in [-0.1, -0.05) is 20.8 Å². The highest BCUT2D eigenvalue weighted by atomic mass is 32.2. The zero-order valence-corrected chi connectivity index (χ0v) is 9.56. The van der Waals surface area contributed by atoms with Gasteiger partial charge in [0.25, 0.3) is 10.2 Å². The quantitative estimate of drug-likeness (QED) is 0.632. The molecule has 13 heavy (non-hydrogen) atoms. The van der Waals surface area contributed by atoms with Gasteiger partial charge in [-0.2, -0.15) is 17.0 Å². The van der Waals surface area contributed by atoms with Crippen LogP contribution in [0.4, 0.5) is 0 Å². The third kappa shape index (κ3) is 2.93. The molecule has 1 heterocycles. The zero-order chi connectivity index (χ0) is 10.3. The Labute approximate surface area is 80.7 Å². The Kier molecular flexibility index (Phi) is 2.71. The molecule has 0 amide bonds. The minimum Gasteiger partial charge on any atom is -0.195 e. The third-order valence-corrected chi connectivity index (χ3v) is 3.76. The molecule has 1 aliphatic rings. The van der Waals surface area contributed by atoms with E-state index in [9.17, 15) is 8.42 Å². The molecular weight excluding hydrogens is 188 g/mol. The van der Waals surface area contributed by atoms with Crippen LogP contribution < -0.4 is 0 Å². The van der Waals surface area contributed by atoms with Crippen molar-refractivity contribution in [2.24, 2.45) is 5.41 Å². The Bertz CT molecular complexity index is 275. The first-order valence-electron chi connectivity index (χ1n) is 4.45. The van der Waals surface area contributed by atoms with Gasteiger partial charge in [0.15, 0.2) is 0 Å². The molecule has 0 N–H and O–H groups in total. The SMILES string of the molecule is CN(CC(C)(C)C)S(=O)(=O)N1CC1. The molecule has 5 heteroatoms. The van der Waals surface area contributed by atoms with Crippen LogP contribution in [0.2, 0.25) is 0 Å². The van der Waals surface area contributed by atoms with Gasteiger partial charge in [-0.3, -0.25) is 0 Å². The van der Waals surface area contributed by atoms with Crippen molar-refractivity contribution in [1.29, 1.82) is 0 Å². The average molecular weight is 206 g/mol. The van der Waals surface area contributed by atoms with E-state index < -0.39 is 10.2 Å². The van der Waals surface area contributed by atoms with E-state index in [-0.39, 0.29) is 5.41 Å². The van der Waals surface area contributed by atoms with E-state index in [0.29, 0.717) is 19.6 Å². The van der Waals surface area contributed by atoms with Gasteiger partial charge in [0, 0.05) is 26.7 Å². The fraction of sp³-hybridized carbons (Fsp3) is 1.00. The molecule has 0 spiro atoms. The summed E-state index contributed by atoms with van der Waals surface area (Å²) in [5, 5.41) is 0. The molecule has 0 radical (unpaired) electrons. The minimum absolute atomic E-state index is 0.0117. The first-order chi connectivity index (χ1) is 5.73. The van der Waals surface area contributed by atoms with Crippen LogP contribution in [-0.4, -0.2) is 43.7 Å². The van der Waals surface area contributed by atoms with Crippen molar-refractivity contribution in [2.75, 3.05) is 26.7 Å². The summed E-state index contributed by atoms with van der Waals surface area (Å²) in [6.45, 7) is 8.00. The number of nitrogens with zero attached hydrogens (tertiary/aromatic N) is 2. The van der Waals surface area contributed by atoms with Crippen LogP contribution in [0.3, 0.4) is 0 Å². The van der Waals surface area contributed by atoms with Crippen LogP contribution in [0.1, 0.15) is 20.8 Å². The van der Waals surface area contributed by atoms with Crippen molar-refractivity contribution in [2.45, 2.75) is 20.8 Å². The molecule has 4 nitrogen and oxygen atoms in total. The van der Waals surface area contributed by atoms with E-state index in [4.69, 9.17) is 0 Å². The highest BCUT2D eigenvalue weighted by Crippen LogP contribution is 2.20. The van der Waals surface area contributed by atoms with Gasteiger partial charge < -0.3 is 0 Å².